The fourth-order valence-electron chi connectivity index (χ4n) is 1.57. The van der Waals surface area contributed by atoms with E-state index in [2.05, 4.69) is 0 Å². The Morgan fingerprint density at radius 1 is 1.20 bits per heavy atom. The van der Waals surface area contributed by atoms with Crippen molar-refractivity contribution >= 4 is 11.6 Å². The zero-order valence-corrected chi connectivity index (χ0v) is 9.00. The molecule has 78 valence electrons. The minimum Gasteiger partial charge on any atom is -0.464 e. The summed E-state index contributed by atoms with van der Waals surface area (Å²) in [5.41, 5.74) is 7.56. The summed E-state index contributed by atoms with van der Waals surface area (Å²) in [6.45, 7) is 0.608. The molecule has 0 amide bonds. The average molecular weight is 222 g/mol. The summed E-state index contributed by atoms with van der Waals surface area (Å²) in [4.78, 5) is 0. The number of rotatable bonds is 3. The maximum absolute atomic E-state index is 6.10. The van der Waals surface area contributed by atoms with Crippen LogP contribution < -0.4 is 5.73 Å². The Labute approximate surface area is 93.7 Å². The van der Waals surface area contributed by atoms with E-state index < -0.39 is 0 Å². The van der Waals surface area contributed by atoms with Crippen molar-refractivity contribution < 1.29 is 4.42 Å². The van der Waals surface area contributed by atoms with E-state index in [9.17, 15) is 0 Å². The number of hydrogen-bond acceptors (Lipinski definition) is 2. The van der Waals surface area contributed by atoms with Crippen molar-refractivity contribution in [1.29, 1.82) is 0 Å². The highest BCUT2D eigenvalue weighted by Gasteiger charge is 2.10. The third-order valence-electron chi connectivity index (χ3n) is 2.28. The van der Waals surface area contributed by atoms with Crippen LogP contribution in [0.25, 0.3) is 11.3 Å². The van der Waals surface area contributed by atoms with Gasteiger partial charge in [-0.25, -0.2) is 0 Å². The standard InChI is InChI=1S/C12H12ClNO/c13-11-4-2-1-3-10(11)12-9(5-7-14)6-8-15-12/h1-4,6,8H,5,7,14H2. The first kappa shape index (κ1) is 10.3. The van der Waals surface area contributed by atoms with Crippen LogP contribution in [0.3, 0.4) is 0 Å². The second-order valence-corrected chi connectivity index (χ2v) is 3.70. The molecule has 0 fully saturated rings. The monoisotopic (exact) mass is 221 g/mol. The summed E-state index contributed by atoms with van der Waals surface area (Å²) >= 11 is 6.10. The first-order valence-corrected chi connectivity index (χ1v) is 5.22. The molecule has 0 radical (unpaired) electrons. The number of hydrogen-bond donors (Lipinski definition) is 1. The normalized spacial score (nSPS) is 10.5. The second-order valence-electron chi connectivity index (χ2n) is 3.29. The Morgan fingerprint density at radius 2 is 2.00 bits per heavy atom. The predicted octanol–water partition coefficient (Wildman–Crippen LogP) is 3.10. The first-order valence-electron chi connectivity index (χ1n) is 4.84. The van der Waals surface area contributed by atoms with Crippen LogP contribution in [0.1, 0.15) is 5.56 Å². The zero-order valence-electron chi connectivity index (χ0n) is 8.24. The highest BCUT2D eigenvalue weighted by atomic mass is 35.5. The van der Waals surface area contributed by atoms with Gasteiger partial charge in [-0.2, -0.15) is 0 Å². The van der Waals surface area contributed by atoms with E-state index in [1.807, 2.05) is 30.3 Å². The van der Waals surface area contributed by atoms with Crippen molar-refractivity contribution in [3.8, 4) is 11.3 Å². The topological polar surface area (TPSA) is 39.2 Å². The Balaban J connectivity index is 2.45. The molecule has 0 bridgehead atoms. The van der Waals surface area contributed by atoms with Gasteiger partial charge in [0.15, 0.2) is 0 Å². The molecule has 0 atom stereocenters. The fourth-order valence-corrected chi connectivity index (χ4v) is 1.79. The third kappa shape index (κ3) is 2.06. The van der Waals surface area contributed by atoms with Gasteiger partial charge >= 0.3 is 0 Å². The molecular formula is C12H12ClNO. The van der Waals surface area contributed by atoms with Crippen molar-refractivity contribution in [2.45, 2.75) is 6.42 Å². The summed E-state index contributed by atoms with van der Waals surface area (Å²) in [6, 6.07) is 9.58. The first-order chi connectivity index (χ1) is 7.33. The van der Waals surface area contributed by atoms with E-state index in [4.69, 9.17) is 21.8 Å². The van der Waals surface area contributed by atoms with Gasteiger partial charge in [-0.1, -0.05) is 23.7 Å². The Hall–Kier alpha value is -1.25. The molecule has 0 aliphatic rings. The molecule has 0 unspecified atom stereocenters. The van der Waals surface area contributed by atoms with Gasteiger partial charge in [-0.3, -0.25) is 0 Å². The lowest BCUT2D eigenvalue weighted by atomic mass is 10.1. The van der Waals surface area contributed by atoms with Gasteiger partial charge in [0.25, 0.3) is 0 Å². The van der Waals surface area contributed by atoms with Crippen molar-refractivity contribution in [1.82, 2.24) is 0 Å². The van der Waals surface area contributed by atoms with Crippen molar-refractivity contribution in [2.75, 3.05) is 6.54 Å². The van der Waals surface area contributed by atoms with E-state index in [1.165, 1.54) is 0 Å². The SMILES string of the molecule is NCCc1ccoc1-c1ccccc1Cl. The van der Waals surface area contributed by atoms with Gasteiger partial charge < -0.3 is 10.2 Å². The van der Waals surface area contributed by atoms with E-state index in [-0.39, 0.29) is 0 Å². The van der Waals surface area contributed by atoms with E-state index in [1.54, 1.807) is 6.26 Å². The molecule has 2 N–H and O–H groups in total. The van der Waals surface area contributed by atoms with Gasteiger partial charge in [0.05, 0.1) is 11.3 Å². The van der Waals surface area contributed by atoms with Crippen LogP contribution in [0.15, 0.2) is 41.0 Å². The molecule has 0 aliphatic heterocycles. The summed E-state index contributed by atoms with van der Waals surface area (Å²) in [5.74, 6) is 0.825. The maximum Gasteiger partial charge on any atom is 0.138 e. The van der Waals surface area contributed by atoms with Gasteiger partial charge in [0.1, 0.15) is 5.76 Å². The second kappa shape index (κ2) is 4.51. The maximum atomic E-state index is 6.10. The van der Waals surface area contributed by atoms with Gasteiger partial charge in [-0.15, -0.1) is 0 Å². The van der Waals surface area contributed by atoms with Crippen molar-refractivity contribution in [3.05, 3.63) is 47.2 Å². The summed E-state index contributed by atoms with van der Waals surface area (Å²) in [6.07, 6.45) is 2.47. The molecule has 2 aromatic rings. The van der Waals surface area contributed by atoms with Crippen LogP contribution in [0.2, 0.25) is 5.02 Å². The summed E-state index contributed by atoms with van der Waals surface area (Å²) < 4.78 is 5.44. The molecule has 1 heterocycles. The molecule has 2 rings (SSSR count). The number of benzene rings is 1. The minimum absolute atomic E-state index is 0.608. The Kier molecular flexibility index (Phi) is 3.09. The van der Waals surface area contributed by atoms with E-state index >= 15 is 0 Å². The van der Waals surface area contributed by atoms with Crippen LogP contribution in [0.5, 0.6) is 0 Å². The molecular weight excluding hydrogens is 210 g/mol. The molecule has 0 spiro atoms. The lowest BCUT2D eigenvalue weighted by molar-refractivity contribution is 0.579. The highest BCUT2D eigenvalue weighted by molar-refractivity contribution is 6.33. The van der Waals surface area contributed by atoms with Crippen LogP contribution >= 0.6 is 11.6 Å². The third-order valence-corrected chi connectivity index (χ3v) is 2.61. The van der Waals surface area contributed by atoms with Crippen molar-refractivity contribution in [2.24, 2.45) is 5.73 Å². The molecule has 15 heavy (non-hydrogen) atoms. The molecule has 3 heteroatoms. The molecule has 1 aromatic carbocycles. The lowest BCUT2D eigenvalue weighted by Crippen LogP contribution is -2.02. The molecule has 0 saturated heterocycles. The van der Waals surface area contributed by atoms with Crippen molar-refractivity contribution in [3.63, 3.8) is 0 Å². The molecule has 1 aromatic heterocycles. The molecule has 0 aliphatic carbocycles. The predicted molar refractivity (Wildman–Crippen MR) is 61.9 cm³/mol. The average Bonchev–Trinajstić information content (AvgIpc) is 2.67. The smallest absolute Gasteiger partial charge is 0.138 e. The number of nitrogens with two attached hydrogens (primary N) is 1. The van der Waals surface area contributed by atoms with Gasteiger partial charge in [0, 0.05) is 5.56 Å². The quantitative estimate of drug-likeness (QED) is 0.865. The minimum atomic E-state index is 0.608. The van der Waals surface area contributed by atoms with Gasteiger partial charge in [0.2, 0.25) is 0 Å². The lowest BCUT2D eigenvalue weighted by Gasteiger charge is -2.03. The Bertz CT molecular complexity index is 450. The fraction of sp³-hybridized carbons (Fsp3) is 0.167. The van der Waals surface area contributed by atoms with Crippen LogP contribution in [0.4, 0.5) is 0 Å². The molecule has 0 saturated carbocycles. The highest BCUT2D eigenvalue weighted by Crippen LogP contribution is 2.31. The Morgan fingerprint density at radius 3 is 2.73 bits per heavy atom. The van der Waals surface area contributed by atoms with E-state index in [0.717, 1.165) is 23.3 Å². The largest absolute Gasteiger partial charge is 0.464 e. The van der Waals surface area contributed by atoms with Crippen LogP contribution in [-0.4, -0.2) is 6.54 Å². The van der Waals surface area contributed by atoms with Crippen LogP contribution in [-0.2, 0) is 6.42 Å². The number of halogens is 1. The number of furan rings is 1. The van der Waals surface area contributed by atoms with Gasteiger partial charge in [-0.05, 0) is 36.7 Å². The summed E-state index contributed by atoms with van der Waals surface area (Å²) in [7, 11) is 0. The molecule has 2 nitrogen and oxygen atoms in total. The summed E-state index contributed by atoms with van der Waals surface area (Å²) in [5, 5.41) is 0.700. The van der Waals surface area contributed by atoms with Crippen LogP contribution in [0, 0.1) is 0 Å². The zero-order chi connectivity index (χ0) is 10.7. The van der Waals surface area contributed by atoms with E-state index in [0.29, 0.717) is 11.6 Å².